The monoisotopic (exact) mass is 244 g/mol. The summed E-state index contributed by atoms with van der Waals surface area (Å²) in [5.41, 5.74) is 1.40. The summed E-state index contributed by atoms with van der Waals surface area (Å²) < 4.78 is 5.77. The first-order chi connectivity index (χ1) is 8.92. The lowest BCUT2D eigenvalue weighted by molar-refractivity contribution is 0.157. The van der Waals surface area contributed by atoms with E-state index in [-0.39, 0.29) is 0 Å². The molecular formula is C15H20N2O. The van der Waals surface area contributed by atoms with Gasteiger partial charge in [0.05, 0.1) is 6.61 Å². The summed E-state index contributed by atoms with van der Waals surface area (Å²) in [6, 6.07) is 9.15. The molecule has 0 spiro atoms. The van der Waals surface area contributed by atoms with Gasteiger partial charge in [0, 0.05) is 31.1 Å². The van der Waals surface area contributed by atoms with Gasteiger partial charge in [-0.25, -0.2) is 0 Å². The quantitative estimate of drug-likeness (QED) is 0.813. The van der Waals surface area contributed by atoms with E-state index in [0.717, 1.165) is 30.6 Å². The number of nitrogens with zero attached hydrogens (tertiary/aromatic N) is 1. The number of nitrogens with one attached hydrogen (secondary N) is 1. The molecule has 2 fully saturated rings. The van der Waals surface area contributed by atoms with Crippen molar-refractivity contribution in [2.75, 3.05) is 32.8 Å². The first-order valence-corrected chi connectivity index (χ1v) is 7.08. The minimum atomic E-state index is 0.584. The van der Waals surface area contributed by atoms with Gasteiger partial charge in [-0.2, -0.15) is 0 Å². The van der Waals surface area contributed by atoms with Crippen LogP contribution in [0.4, 0.5) is 0 Å². The SMILES string of the molecule is c1ccc2c(c1)OCCC2N1CC2CNCC2C1. The second-order valence-electron chi connectivity index (χ2n) is 5.82. The number of benzene rings is 1. The van der Waals surface area contributed by atoms with Gasteiger partial charge in [-0.15, -0.1) is 0 Å². The molecule has 18 heavy (non-hydrogen) atoms. The van der Waals surface area contributed by atoms with Gasteiger partial charge in [0.2, 0.25) is 0 Å². The van der Waals surface area contributed by atoms with Crippen LogP contribution in [0, 0.1) is 11.8 Å². The average molecular weight is 244 g/mol. The van der Waals surface area contributed by atoms with E-state index >= 15 is 0 Å². The topological polar surface area (TPSA) is 24.5 Å². The molecule has 1 aromatic rings. The Morgan fingerprint density at radius 2 is 1.89 bits per heavy atom. The fourth-order valence-corrected chi connectivity index (χ4v) is 3.85. The molecule has 0 radical (unpaired) electrons. The Bertz CT molecular complexity index is 436. The Labute approximate surface area is 108 Å². The Kier molecular flexibility index (Phi) is 2.55. The number of para-hydroxylation sites is 1. The van der Waals surface area contributed by atoms with Crippen molar-refractivity contribution in [1.29, 1.82) is 0 Å². The highest BCUT2D eigenvalue weighted by Gasteiger charge is 2.40. The summed E-state index contributed by atoms with van der Waals surface area (Å²) in [5.74, 6) is 2.85. The molecular weight excluding hydrogens is 224 g/mol. The van der Waals surface area contributed by atoms with Crippen LogP contribution in [-0.2, 0) is 0 Å². The molecule has 1 N–H and O–H groups in total. The molecule has 3 atom stereocenters. The molecule has 0 aromatic heterocycles. The third kappa shape index (κ3) is 1.65. The number of hydrogen-bond acceptors (Lipinski definition) is 3. The molecule has 3 aliphatic rings. The number of rotatable bonds is 1. The van der Waals surface area contributed by atoms with Crippen molar-refractivity contribution >= 4 is 0 Å². The van der Waals surface area contributed by atoms with Crippen molar-refractivity contribution in [2.45, 2.75) is 12.5 Å². The smallest absolute Gasteiger partial charge is 0.124 e. The maximum Gasteiger partial charge on any atom is 0.124 e. The number of ether oxygens (including phenoxy) is 1. The van der Waals surface area contributed by atoms with E-state index in [1.54, 1.807) is 0 Å². The Morgan fingerprint density at radius 1 is 1.11 bits per heavy atom. The van der Waals surface area contributed by atoms with E-state index in [2.05, 4.69) is 34.5 Å². The standard InChI is InChI=1S/C15H20N2O/c1-2-4-15-13(3-1)14(5-6-18-15)17-9-11-7-16-8-12(11)10-17/h1-4,11-12,14,16H,5-10H2. The van der Waals surface area contributed by atoms with E-state index < -0.39 is 0 Å². The lowest BCUT2D eigenvalue weighted by Gasteiger charge is -2.33. The first kappa shape index (κ1) is 10.8. The lowest BCUT2D eigenvalue weighted by atomic mass is 9.99. The molecule has 0 aliphatic carbocycles. The minimum absolute atomic E-state index is 0.584. The molecule has 3 aliphatic heterocycles. The predicted molar refractivity (Wildman–Crippen MR) is 70.7 cm³/mol. The molecule has 0 bridgehead atoms. The zero-order chi connectivity index (χ0) is 11.9. The highest BCUT2D eigenvalue weighted by Crippen LogP contribution is 2.40. The third-order valence-electron chi connectivity index (χ3n) is 4.79. The van der Waals surface area contributed by atoms with E-state index in [4.69, 9.17) is 4.74 Å². The van der Waals surface area contributed by atoms with Gasteiger partial charge in [-0.05, 0) is 31.0 Å². The summed E-state index contributed by atoms with van der Waals surface area (Å²) in [6.45, 7) is 5.82. The Hall–Kier alpha value is -1.06. The molecule has 3 heteroatoms. The zero-order valence-electron chi connectivity index (χ0n) is 10.6. The van der Waals surface area contributed by atoms with Gasteiger partial charge < -0.3 is 10.1 Å². The van der Waals surface area contributed by atoms with Crippen LogP contribution < -0.4 is 10.1 Å². The predicted octanol–water partition coefficient (Wildman–Crippen LogP) is 1.66. The summed E-state index contributed by atoms with van der Waals surface area (Å²) in [6.07, 6.45) is 1.14. The summed E-state index contributed by atoms with van der Waals surface area (Å²) in [4.78, 5) is 2.69. The lowest BCUT2D eigenvalue weighted by Crippen LogP contribution is -2.33. The molecule has 3 nitrogen and oxygen atoms in total. The highest BCUT2D eigenvalue weighted by atomic mass is 16.5. The van der Waals surface area contributed by atoms with Crippen molar-refractivity contribution in [2.24, 2.45) is 11.8 Å². The largest absolute Gasteiger partial charge is 0.493 e. The van der Waals surface area contributed by atoms with Crippen molar-refractivity contribution in [3.05, 3.63) is 29.8 Å². The van der Waals surface area contributed by atoms with E-state index in [0.29, 0.717) is 6.04 Å². The van der Waals surface area contributed by atoms with Crippen LogP contribution in [0.3, 0.4) is 0 Å². The van der Waals surface area contributed by atoms with Crippen molar-refractivity contribution in [3.8, 4) is 5.75 Å². The van der Waals surface area contributed by atoms with Gasteiger partial charge in [-0.1, -0.05) is 18.2 Å². The molecule has 0 amide bonds. The second-order valence-corrected chi connectivity index (χ2v) is 5.82. The zero-order valence-corrected chi connectivity index (χ0v) is 10.6. The van der Waals surface area contributed by atoms with E-state index in [9.17, 15) is 0 Å². The second kappa shape index (κ2) is 4.25. The minimum Gasteiger partial charge on any atom is -0.493 e. The van der Waals surface area contributed by atoms with Crippen molar-refractivity contribution in [1.82, 2.24) is 10.2 Å². The molecule has 4 rings (SSSR count). The van der Waals surface area contributed by atoms with Crippen LogP contribution in [0.1, 0.15) is 18.0 Å². The molecule has 3 heterocycles. The van der Waals surface area contributed by atoms with Gasteiger partial charge in [0.1, 0.15) is 5.75 Å². The molecule has 96 valence electrons. The van der Waals surface area contributed by atoms with Gasteiger partial charge in [0.15, 0.2) is 0 Å². The van der Waals surface area contributed by atoms with Crippen LogP contribution in [-0.4, -0.2) is 37.7 Å². The average Bonchev–Trinajstić information content (AvgIpc) is 2.99. The van der Waals surface area contributed by atoms with Gasteiger partial charge in [-0.3, -0.25) is 4.90 Å². The summed E-state index contributed by atoms with van der Waals surface area (Å²) >= 11 is 0. The maximum absolute atomic E-state index is 5.77. The molecule has 1 aromatic carbocycles. The number of fused-ring (bicyclic) bond motifs is 2. The molecule has 3 unspecified atom stereocenters. The number of hydrogen-bond donors (Lipinski definition) is 1. The van der Waals surface area contributed by atoms with Gasteiger partial charge in [0.25, 0.3) is 0 Å². The van der Waals surface area contributed by atoms with E-state index in [1.165, 1.54) is 31.7 Å². The van der Waals surface area contributed by atoms with Gasteiger partial charge >= 0.3 is 0 Å². The van der Waals surface area contributed by atoms with E-state index in [1.807, 2.05) is 0 Å². The molecule has 2 saturated heterocycles. The first-order valence-electron chi connectivity index (χ1n) is 7.08. The Balaban J connectivity index is 1.59. The van der Waals surface area contributed by atoms with Crippen LogP contribution in [0.25, 0.3) is 0 Å². The fourth-order valence-electron chi connectivity index (χ4n) is 3.85. The normalized spacial score (nSPS) is 35.0. The maximum atomic E-state index is 5.77. The van der Waals surface area contributed by atoms with Crippen molar-refractivity contribution < 1.29 is 4.74 Å². The van der Waals surface area contributed by atoms with Crippen LogP contribution in [0.15, 0.2) is 24.3 Å². The molecule has 0 saturated carbocycles. The summed E-state index contributed by atoms with van der Waals surface area (Å²) in [7, 11) is 0. The van der Waals surface area contributed by atoms with Crippen molar-refractivity contribution in [3.63, 3.8) is 0 Å². The third-order valence-corrected chi connectivity index (χ3v) is 4.79. The van der Waals surface area contributed by atoms with Crippen LogP contribution >= 0.6 is 0 Å². The number of likely N-dealkylation sites (tertiary alicyclic amines) is 1. The Morgan fingerprint density at radius 3 is 2.72 bits per heavy atom. The summed E-state index contributed by atoms with van der Waals surface area (Å²) in [5, 5.41) is 3.52. The fraction of sp³-hybridized carbons (Fsp3) is 0.600. The van der Waals surface area contributed by atoms with Crippen LogP contribution in [0.2, 0.25) is 0 Å². The highest BCUT2D eigenvalue weighted by molar-refractivity contribution is 5.37. The van der Waals surface area contributed by atoms with Crippen LogP contribution in [0.5, 0.6) is 5.75 Å².